The van der Waals surface area contributed by atoms with E-state index < -0.39 is 0 Å². The molecule has 5 rings (SSSR count). The number of anilines is 6. The van der Waals surface area contributed by atoms with Crippen LogP contribution >= 0.6 is 11.6 Å². The number of rotatable bonds is 7. The Balaban J connectivity index is 1.39. The minimum Gasteiger partial charge on any atom is -0.494 e. The molecule has 1 aromatic carbocycles. The summed E-state index contributed by atoms with van der Waals surface area (Å²) in [6.45, 7) is 7.17. The summed E-state index contributed by atoms with van der Waals surface area (Å²) in [4.78, 5) is 31.8. The molecule has 0 bridgehead atoms. The van der Waals surface area contributed by atoms with E-state index in [4.69, 9.17) is 16.3 Å². The van der Waals surface area contributed by atoms with Crippen LogP contribution in [0.15, 0.2) is 36.7 Å². The standard InChI is InChI=1S/C25H30ClN9O2/c1-16-13-19(21(37-3)14-20(16)34-11-9-33(2)10-12-34)31-24-29-15-17(26)22(32-24)30-18-5-4-6-27-23(18)35-8-7-28-25(35)36/h4-6,13-15H,7-12H2,1-3H3,(H,28,36)(H2,29,30,31,32). The molecule has 4 heterocycles. The lowest BCUT2D eigenvalue weighted by Gasteiger charge is -2.35. The van der Waals surface area contributed by atoms with Gasteiger partial charge in [-0.1, -0.05) is 11.6 Å². The third-order valence-electron chi connectivity index (χ3n) is 6.50. The fraction of sp³-hybridized carbons (Fsp3) is 0.360. The fourth-order valence-corrected chi connectivity index (χ4v) is 4.62. The number of methoxy groups -OCH3 is 1. The number of urea groups is 1. The van der Waals surface area contributed by atoms with Crippen LogP contribution in [-0.2, 0) is 0 Å². The van der Waals surface area contributed by atoms with Gasteiger partial charge in [0.1, 0.15) is 10.8 Å². The number of carbonyl (C=O) groups is 1. The number of halogens is 1. The maximum absolute atomic E-state index is 12.2. The molecule has 11 nitrogen and oxygen atoms in total. The van der Waals surface area contributed by atoms with Crippen molar-refractivity contribution in [1.29, 1.82) is 0 Å². The maximum Gasteiger partial charge on any atom is 0.323 e. The molecule has 2 aliphatic heterocycles. The lowest BCUT2D eigenvalue weighted by molar-refractivity contribution is 0.252. The van der Waals surface area contributed by atoms with Crippen LogP contribution in [0, 0.1) is 6.92 Å². The van der Waals surface area contributed by atoms with E-state index in [9.17, 15) is 4.79 Å². The van der Waals surface area contributed by atoms with E-state index in [0.29, 0.717) is 47.1 Å². The van der Waals surface area contributed by atoms with Crippen molar-refractivity contribution in [2.24, 2.45) is 0 Å². The number of hydrogen-bond donors (Lipinski definition) is 3. The average molecular weight is 524 g/mol. The summed E-state index contributed by atoms with van der Waals surface area (Å²) >= 11 is 6.43. The lowest BCUT2D eigenvalue weighted by Crippen LogP contribution is -2.44. The first-order chi connectivity index (χ1) is 17.9. The molecule has 0 atom stereocenters. The highest BCUT2D eigenvalue weighted by atomic mass is 35.5. The summed E-state index contributed by atoms with van der Waals surface area (Å²) in [6.07, 6.45) is 3.16. The van der Waals surface area contributed by atoms with Crippen molar-refractivity contribution in [3.63, 3.8) is 0 Å². The molecule has 2 aliphatic rings. The number of amides is 2. The molecular formula is C25H30ClN9O2. The molecule has 0 spiro atoms. The van der Waals surface area contributed by atoms with Crippen molar-refractivity contribution in [1.82, 2.24) is 25.2 Å². The minimum absolute atomic E-state index is 0.194. The number of ether oxygens (including phenoxy) is 1. The van der Waals surface area contributed by atoms with E-state index >= 15 is 0 Å². The van der Waals surface area contributed by atoms with Crippen molar-refractivity contribution in [2.45, 2.75) is 6.92 Å². The highest BCUT2D eigenvalue weighted by Gasteiger charge is 2.25. The zero-order chi connectivity index (χ0) is 25.9. The van der Waals surface area contributed by atoms with Gasteiger partial charge < -0.3 is 30.5 Å². The molecule has 2 amide bonds. The van der Waals surface area contributed by atoms with Gasteiger partial charge in [-0.3, -0.25) is 4.90 Å². The number of carbonyl (C=O) groups excluding carboxylic acids is 1. The monoisotopic (exact) mass is 523 g/mol. The molecule has 194 valence electrons. The van der Waals surface area contributed by atoms with Gasteiger partial charge in [-0.2, -0.15) is 4.98 Å². The van der Waals surface area contributed by atoms with E-state index in [1.165, 1.54) is 6.20 Å². The Morgan fingerprint density at radius 3 is 2.62 bits per heavy atom. The van der Waals surface area contributed by atoms with Gasteiger partial charge in [0.2, 0.25) is 5.95 Å². The third kappa shape index (κ3) is 5.32. The number of pyridine rings is 1. The first kappa shape index (κ1) is 24.8. The molecule has 0 unspecified atom stereocenters. The lowest BCUT2D eigenvalue weighted by atomic mass is 10.1. The Labute approximate surface area is 220 Å². The van der Waals surface area contributed by atoms with Crippen LogP contribution in [0.4, 0.5) is 39.4 Å². The van der Waals surface area contributed by atoms with Gasteiger partial charge >= 0.3 is 6.03 Å². The zero-order valence-electron chi connectivity index (χ0n) is 21.1. The summed E-state index contributed by atoms with van der Waals surface area (Å²) in [7, 11) is 3.79. The van der Waals surface area contributed by atoms with Gasteiger partial charge in [0.15, 0.2) is 11.6 Å². The summed E-state index contributed by atoms with van der Waals surface area (Å²) in [5.74, 6) is 1.93. The number of benzene rings is 1. The first-order valence-electron chi connectivity index (χ1n) is 12.1. The molecule has 2 saturated heterocycles. The highest BCUT2D eigenvalue weighted by molar-refractivity contribution is 6.33. The number of piperazine rings is 1. The summed E-state index contributed by atoms with van der Waals surface area (Å²) in [6, 6.07) is 7.51. The van der Waals surface area contributed by atoms with E-state index in [1.54, 1.807) is 24.3 Å². The second-order valence-electron chi connectivity index (χ2n) is 9.03. The second kappa shape index (κ2) is 10.7. The van der Waals surface area contributed by atoms with Crippen LogP contribution in [0.25, 0.3) is 0 Å². The van der Waals surface area contributed by atoms with Crippen molar-refractivity contribution in [3.05, 3.63) is 47.2 Å². The molecular weight excluding hydrogens is 494 g/mol. The molecule has 37 heavy (non-hydrogen) atoms. The summed E-state index contributed by atoms with van der Waals surface area (Å²) < 4.78 is 5.71. The Morgan fingerprint density at radius 1 is 1.08 bits per heavy atom. The van der Waals surface area contributed by atoms with Crippen molar-refractivity contribution < 1.29 is 9.53 Å². The Bertz CT molecular complexity index is 1300. The number of hydrogen-bond acceptors (Lipinski definition) is 9. The van der Waals surface area contributed by atoms with Crippen molar-refractivity contribution in [2.75, 3.05) is 73.9 Å². The van der Waals surface area contributed by atoms with Crippen LogP contribution in [-0.4, -0.2) is 79.3 Å². The Kier molecular flexibility index (Phi) is 7.15. The van der Waals surface area contributed by atoms with Gasteiger partial charge in [-0.15, -0.1) is 0 Å². The SMILES string of the molecule is COc1cc(N2CCN(C)CC2)c(C)cc1Nc1ncc(Cl)c(Nc2cccnc2N2CCNC2=O)n1. The normalized spacial score (nSPS) is 16.1. The smallest absolute Gasteiger partial charge is 0.323 e. The Hall–Kier alpha value is -3.83. The fourth-order valence-electron chi connectivity index (χ4n) is 4.48. The number of likely N-dealkylation sites (N-methyl/N-ethyl adjacent to an activating group) is 1. The molecule has 0 saturated carbocycles. The number of aryl methyl sites for hydroxylation is 1. The predicted molar refractivity (Wildman–Crippen MR) is 146 cm³/mol. The van der Waals surface area contributed by atoms with Crippen molar-refractivity contribution >= 4 is 52.3 Å². The maximum atomic E-state index is 12.2. The Morgan fingerprint density at radius 2 is 1.89 bits per heavy atom. The van der Waals surface area contributed by atoms with Crippen LogP contribution in [0.1, 0.15) is 5.56 Å². The van der Waals surface area contributed by atoms with Gasteiger partial charge in [-0.05, 0) is 37.7 Å². The summed E-state index contributed by atoms with van der Waals surface area (Å²) in [5.41, 5.74) is 3.65. The molecule has 0 aliphatic carbocycles. The van der Waals surface area contributed by atoms with Crippen molar-refractivity contribution in [3.8, 4) is 5.75 Å². The minimum atomic E-state index is -0.194. The number of aromatic nitrogens is 3. The first-order valence-corrected chi connectivity index (χ1v) is 12.5. The number of nitrogens with one attached hydrogen (secondary N) is 3. The summed E-state index contributed by atoms with van der Waals surface area (Å²) in [5, 5.41) is 9.60. The average Bonchev–Trinajstić information content (AvgIpc) is 3.33. The topological polar surface area (TPSA) is 111 Å². The van der Waals surface area contributed by atoms with E-state index in [-0.39, 0.29) is 6.03 Å². The zero-order valence-corrected chi connectivity index (χ0v) is 21.8. The van der Waals surface area contributed by atoms with E-state index in [0.717, 1.165) is 43.1 Å². The van der Waals surface area contributed by atoms with Crippen LogP contribution in [0.3, 0.4) is 0 Å². The highest BCUT2D eigenvalue weighted by Crippen LogP contribution is 2.36. The second-order valence-corrected chi connectivity index (χ2v) is 9.43. The van der Waals surface area contributed by atoms with E-state index in [2.05, 4.69) is 60.7 Å². The van der Waals surface area contributed by atoms with Crippen LogP contribution in [0.2, 0.25) is 5.02 Å². The van der Waals surface area contributed by atoms with Gasteiger partial charge in [-0.25, -0.2) is 14.8 Å². The molecule has 12 heteroatoms. The quantitative estimate of drug-likeness (QED) is 0.427. The molecule has 3 aromatic rings. The predicted octanol–water partition coefficient (Wildman–Crippen LogP) is 3.61. The van der Waals surface area contributed by atoms with Gasteiger partial charge in [0.05, 0.1) is 24.7 Å². The largest absolute Gasteiger partial charge is 0.494 e. The third-order valence-corrected chi connectivity index (χ3v) is 6.78. The van der Waals surface area contributed by atoms with Gasteiger partial charge in [0.25, 0.3) is 0 Å². The molecule has 2 fully saturated rings. The number of nitrogens with zero attached hydrogens (tertiary/aromatic N) is 6. The van der Waals surface area contributed by atoms with Gasteiger partial charge in [0, 0.05) is 57.2 Å². The molecule has 3 N–H and O–H groups in total. The van der Waals surface area contributed by atoms with E-state index in [1.807, 2.05) is 12.1 Å². The molecule has 2 aromatic heterocycles. The van der Waals surface area contributed by atoms with Crippen LogP contribution < -0.4 is 30.5 Å². The molecule has 0 radical (unpaired) electrons. The van der Waals surface area contributed by atoms with Crippen LogP contribution in [0.5, 0.6) is 5.75 Å².